The first kappa shape index (κ1) is 20.3. The zero-order chi connectivity index (χ0) is 19.3. The van der Waals surface area contributed by atoms with Crippen molar-refractivity contribution in [3.05, 3.63) is 30.3 Å². The number of nitrogens with zero attached hydrogens (tertiary/aromatic N) is 2. The Balaban J connectivity index is 1.57. The largest absolute Gasteiger partial charge is 0.335 e. The number of carbonyl (C=O) groups excluding carboxylic acids is 1. The van der Waals surface area contributed by atoms with Crippen LogP contribution in [0.3, 0.4) is 0 Å². The summed E-state index contributed by atoms with van der Waals surface area (Å²) in [6.45, 7) is 5.85. The summed E-state index contributed by atoms with van der Waals surface area (Å²) in [5, 5.41) is 0. The molecule has 27 heavy (non-hydrogen) atoms. The molecule has 0 aromatic heterocycles. The third-order valence-corrected chi connectivity index (χ3v) is 7.82. The van der Waals surface area contributed by atoms with Gasteiger partial charge in [0.25, 0.3) is 5.91 Å². The minimum Gasteiger partial charge on any atom is -0.335 e. The average Bonchev–Trinajstić information content (AvgIpc) is 2.67. The molecule has 7 heteroatoms. The standard InChI is InChI=1S/C20H31N3O3S/c1-18(21-12-8-3-2-4-9-13-21)20(24)22-14-16-23(17-15-22)27(25,26)19-10-6-5-7-11-19/h5-7,10-11,18H,2-4,8-9,12-17H2,1H3/p+1/t18-/m0/s1. The Kier molecular flexibility index (Phi) is 6.89. The van der Waals surface area contributed by atoms with Crippen molar-refractivity contribution in [2.75, 3.05) is 39.3 Å². The number of piperazine rings is 1. The Morgan fingerprint density at radius 1 is 0.926 bits per heavy atom. The molecule has 6 nitrogen and oxygen atoms in total. The normalized spacial score (nSPS) is 22.0. The van der Waals surface area contributed by atoms with Gasteiger partial charge < -0.3 is 9.80 Å². The molecule has 1 N–H and O–H groups in total. The second kappa shape index (κ2) is 9.17. The highest BCUT2D eigenvalue weighted by molar-refractivity contribution is 7.89. The third-order valence-electron chi connectivity index (χ3n) is 5.91. The molecule has 1 aromatic carbocycles. The van der Waals surface area contributed by atoms with E-state index in [1.54, 1.807) is 24.3 Å². The fraction of sp³-hybridized carbons (Fsp3) is 0.650. The summed E-state index contributed by atoms with van der Waals surface area (Å²) in [5.74, 6) is 0.169. The monoisotopic (exact) mass is 394 g/mol. The van der Waals surface area contributed by atoms with Gasteiger partial charge >= 0.3 is 0 Å². The minimum absolute atomic E-state index is 0.0413. The van der Waals surface area contributed by atoms with Crippen LogP contribution in [0.25, 0.3) is 0 Å². The van der Waals surface area contributed by atoms with E-state index in [9.17, 15) is 13.2 Å². The van der Waals surface area contributed by atoms with Gasteiger partial charge in [0.05, 0.1) is 18.0 Å². The van der Waals surface area contributed by atoms with Gasteiger partial charge in [0.15, 0.2) is 6.04 Å². The topological polar surface area (TPSA) is 62.1 Å². The van der Waals surface area contributed by atoms with Gasteiger partial charge in [0, 0.05) is 26.2 Å². The number of hydrogen-bond donors (Lipinski definition) is 1. The van der Waals surface area contributed by atoms with E-state index in [1.165, 1.54) is 41.3 Å². The highest BCUT2D eigenvalue weighted by Crippen LogP contribution is 2.17. The van der Waals surface area contributed by atoms with E-state index in [0.717, 1.165) is 13.1 Å². The zero-order valence-corrected chi connectivity index (χ0v) is 17.1. The average molecular weight is 395 g/mol. The lowest BCUT2D eigenvalue weighted by molar-refractivity contribution is -0.915. The Bertz CT molecular complexity index is 707. The maximum atomic E-state index is 13.0. The molecule has 2 aliphatic rings. The lowest BCUT2D eigenvalue weighted by Gasteiger charge is -2.36. The van der Waals surface area contributed by atoms with Gasteiger partial charge in [-0.1, -0.05) is 24.6 Å². The van der Waals surface area contributed by atoms with Crippen LogP contribution < -0.4 is 4.90 Å². The van der Waals surface area contributed by atoms with Crippen molar-refractivity contribution >= 4 is 15.9 Å². The lowest BCUT2D eigenvalue weighted by atomic mass is 10.1. The van der Waals surface area contributed by atoms with Gasteiger partial charge in [-0.3, -0.25) is 4.79 Å². The molecule has 2 fully saturated rings. The van der Waals surface area contributed by atoms with Crippen LogP contribution in [-0.4, -0.2) is 68.8 Å². The van der Waals surface area contributed by atoms with Gasteiger partial charge in [0.1, 0.15) is 0 Å². The zero-order valence-electron chi connectivity index (χ0n) is 16.3. The molecule has 1 amide bonds. The van der Waals surface area contributed by atoms with Crippen molar-refractivity contribution in [3.63, 3.8) is 0 Å². The molecule has 3 rings (SSSR count). The first-order valence-electron chi connectivity index (χ1n) is 10.2. The molecule has 1 atom stereocenters. The molecule has 0 saturated carbocycles. The molecule has 0 unspecified atom stereocenters. The quantitative estimate of drug-likeness (QED) is 0.820. The first-order chi connectivity index (χ1) is 13.0. The number of hydrogen-bond acceptors (Lipinski definition) is 3. The molecule has 0 spiro atoms. The summed E-state index contributed by atoms with van der Waals surface area (Å²) < 4.78 is 27.0. The molecular formula is C20H32N3O3S+. The van der Waals surface area contributed by atoms with Gasteiger partial charge in [-0.25, -0.2) is 8.42 Å². The molecule has 1 aromatic rings. The molecule has 2 aliphatic heterocycles. The number of quaternary nitrogens is 1. The summed E-state index contributed by atoms with van der Waals surface area (Å²) in [6.07, 6.45) is 6.22. The van der Waals surface area contributed by atoms with Crippen LogP contribution in [0.5, 0.6) is 0 Å². The fourth-order valence-corrected chi connectivity index (χ4v) is 5.57. The van der Waals surface area contributed by atoms with E-state index < -0.39 is 10.0 Å². The smallest absolute Gasteiger partial charge is 0.280 e. The van der Waals surface area contributed by atoms with Crippen molar-refractivity contribution < 1.29 is 18.1 Å². The van der Waals surface area contributed by atoms with Crippen LogP contribution in [0.2, 0.25) is 0 Å². The maximum Gasteiger partial charge on any atom is 0.280 e. The van der Waals surface area contributed by atoms with E-state index in [1.807, 2.05) is 17.9 Å². The molecule has 0 bridgehead atoms. The highest BCUT2D eigenvalue weighted by atomic mass is 32.2. The number of sulfonamides is 1. The van der Waals surface area contributed by atoms with Crippen molar-refractivity contribution in [3.8, 4) is 0 Å². The number of benzene rings is 1. The fourth-order valence-electron chi connectivity index (χ4n) is 4.13. The number of nitrogens with one attached hydrogen (secondary N) is 1. The molecule has 0 aliphatic carbocycles. The Labute approximate surface area is 163 Å². The summed E-state index contributed by atoms with van der Waals surface area (Å²) in [6, 6.07) is 8.49. The van der Waals surface area contributed by atoms with E-state index in [0.29, 0.717) is 31.1 Å². The second-order valence-electron chi connectivity index (χ2n) is 7.69. The van der Waals surface area contributed by atoms with Gasteiger partial charge in [-0.2, -0.15) is 4.31 Å². The van der Waals surface area contributed by atoms with Crippen LogP contribution >= 0.6 is 0 Å². The Hall–Kier alpha value is -1.44. The predicted octanol–water partition coefficient (Wildman–Crippen LogP) is 0.757. The van der Waals surface area contributed by atoms with Crippen molar-refractivity contribution in [1.29, 1.82) is 0 Å². The van der Waals surface area contributed by atoms with E-state index in [-0.39, 0.29) is 11.9 Å². The number of likely N-dealkylation sites (tertiary alicyclic amines) is 1. The maximum absolute atomic E-state index is 13.0. The number of amides is 1. The summed E-state index contributed by atoms with van der Waals surface area (Å²) in [4.78, 5) is 16.5. The van der Waals surface area contributed by atoms with Crippen LogP contribution in [0, 0.1) is 0 Å². The second-order valence-corrected chi connectivity index (χ2v) is 9.63. The Morgan fingerprint density at radius 2 is 1.48 bits per heavy atom. The summed E-state index contributed by atoms with van der Waals surface area (Å²) >= 11 is 0. The molecular weight excluding hydrogens is 362 g/mol. The van der Waals surface area contributed by atoms with Crippen LogP contribution in [-0.2, 0) is 14.8 Å². The SMILES string of the molecule is C[C@@H](C(=O)N1CCN(S(=O)(=O)c2ccccc2)CC1)[NH+]1CCCCCCC1. The molecule has 150 valence electrons. The lowest BCUT2D eigenvalue weighted by Crippen LogP contribution is -3.16. The highest BCUT2D eigenvalue weighted by Gasteiger charge is 2.34. The van der Waals surface area contributed by atoms with E-state index in [2.05, 4.69) is 0 Å². The van der Waals surface area contributed by atoms with Gasteiger partial charge in [-0.15, -0.1) is 0 Å². The molecule has 0 radical (unpaired) electrons. The van der Waals surface area contributed by atoms with Crippen LogP contribution in [0.4, 0.5) is 0 Å². The first-order valence-corrected chi connectivity index (χ1v) is 11.6. The third kappa shape index (κ3) is 4.89. The Morgan fingerprint density at radius 3 is 2.07 bits per heavy atom. The van der Waals surface area contributed by atoms with E-state index >= 15 is 0 Å². The van der Waals surface area contributed by atoms with Gasteiger partial charge in [0.2, 0.25) is 10.0 Å². The van der Waals surface area contributed by atoms with Crippen molar-refractivity contribution in [2.24, 2.45) is 0 Å². The van der Waals surface area contributed by atoms with Gasteiger partial charge in [-0.05, 0) is 44.7 Å². The molecule has 2 heterocycles. The van der Waals surface area contributed by atoms with Crippen molar-refractivity contribution in [2.45, 2.75) is 50.0 Å². The predicted molar refractivity (Wildman–Crippen MR) is 105 cm³/mol. The van der Waals surface area contributed by atoms with Crippen LogP contribution in [0.15, 0.2) is 35.2 Å². The van der Waals surface area contributed by atoms with Crippen molar-refractivity contribution in [1.82, 2.24) is 9.21 Å². The summed E-state index contributed by atoms with van der Waals surface area (Å²) in [7, 11) is -3.47. The minimum atomic E-state index is -3.47. The summed E-state index contributed by atoms with van der Waals surface area (Å²) in [5.41, 5.74) is 0. The van der Waals surface area contributed by atoms with E-state index in [4.69, 9.17) is 0 Å². The molecule has 2 saturated heterocycles. The number of carbonyl (C=O) groups is 1. The number of rotatable bonds is 4. The van der Waals surface area contributed by atoms with Crippen LogP contribution in [0.1, 0.15) is 39.0 Å².